The molecule has 1 aromatic rings. The van der Waals surface area contributed by atoms with Crippen LogP contribution in [0.2, 0.25) is 0 Å². The first-order valence-corrected chi connectivity index (χ1v) is 4.10. The van der Waals surface area contributed by atoms with Gasteiger partial charge in [0.15, 0.2) is 0 Å². The third-order valence-corrected chi connectivity index (χ3v) is 2.42. The Balaban J connectivity index is 0.000000605. The SMILES string of the molecule is CC1Nc2[c-]cc[c-]c2S1.[K+].[K+]. The molecule has 1 N–H and O–H groups in total. The summed E-state index contributed by atoms with van der Waals surface area (Å²) in [4.78, 5) is 1.19. The number of fused-ring (bicyclic) bond motifs is 1. The summed E-state index contributed by atoms with van der Waals surface area (Å²) in [7, 11) is 0. The molecule has 1 aliphatic rings. The maximum absolute atomic E-state index is 3.27. The molecule has 0 amide bonds. The molecule has 0 aliphatic carbocycles. The molecule has 1 heterocycles. The maximum atomic E-state index is 3.27. The van der Waals surface area contributed by atoms with Crippen molar-refractivity contribution >= 4 is 17.4 Å². The molecule has 1 aliphatic heterocycles. The van der Waals surface area contributed by atoms with E-state index in [0.717, 1.165) is 5.69 Å². The van der Waals surface area contributed by atoms with E-state index in [9.17, 15) is 0 Å². The van der Waals surface area contributed by atoms with Crippen LogP contribution in [0.4, 0.5) is 5.69 Å². The second-order valence-corrected chi connectivity index (χ2v) is 3.58. The smallest absolute Gasteiger partial charge is 0.449 e. The van der Waals surface area contributed by atoms with Crippen molar-refractivity contribution in [3.63, 3.8) is 0 Å². The number of rotatable bonds is 0. The Morgan fingerprint density at radius 3 is 2.67 bits per heavy atom. The molecule has 0 saturated heterocycles. The van der Waals surface area contributed by atoms with Crippen LogP contribution in [0.25, 0.3) is 0 Å². The van der Waals surface area contributed by atoms with E-state index in [1.54, 1.807) is 11.8 Å². The van der Waals surface area contributed by atoms with Crippen molar-refractivity contribution in [1.82, 2.24) is 0 Å². The van der Waals surface area contributed by atoms with Gasteiger partial charge in [-0.1, -0.05) is 0 Å². The van der Waals surface area contributed by atoms with E-state index in [2.05, 4.69) is 24.4 Å². The van der Waals surface area contributed by atoms with Crippen LogP contribution in [0, 0.1) is 12.1 Å². The maximum Gasteiger partial charge on any atom is 1.00 e. The minimum Gasteiger partial charge on any atom is -0.449 e. The van der Waals surface area contributed by atoms with Gasteiger partial charge in [0.05, 0.1) is 0 Å². The molecule has 0 aromatic heterocycles. The van der Waals surface area contributed by atoms with Crippen LogP contribution in [0.1, 0.15) is 6.92 Å². The number of anilines is 1. The number of nitrogens with one attached hydrogen (secondary N) is 1. The Labute approximate surface area is 163 Å². The molecule has 0 bridgehead atoms. The summed E-state index contributed by atoms with van der Waals surface area (Å²) in [6, 6.07) is 10.0. The molecule has 1 aromatic carbocycles. The van der Waals surface area contributed by atoms with Gasteiger partial charge in [-0.05, 0) is 6.92 Å². The minimum absolute atomic E-state index is 0. The van der Waals surface area contributed by atoms with Crippen LogP contribution >= 0.6 is 11.8 Å². The van der Waals surface area contributed by atoms with Gasteiger partial charge in [-0.3, -0.25) is 18.2 Å². The normalized spacial score (nSPS) is 18.2. The molecule has 52 valence electrons. The van der Waals surface area contributed by atoms with Crippen LogP contribution < -0.4 is 108 Å². The molecule has 0 fully saturated rings. The van der Waals surface area contributed by atoms with Crippen LogP contribution in [-0.4, -0.2) is 5.37 Å². The van der Waals surface area contributed by atoms with E-state index < -0.39 is 0 Å². The van der Waals surface area contributed by atoms with Crippen LogP contribution in [0.5, 0.6) is 0 Å². The summed E-state index contributed by atoms with van der Waals surface area (Å²) in [5.41, 5.74) is 1.10. The standard InChI is InChI=1S/C8H7NS.2K/c1-6-9-7-4-2-3-5-8(7)10-6;;/h2-3,6,9H,1H3;;/q-2;2*+1. The Kier molecular flexibility index (Phi) is 8.55. The van der Waals surface area contributed by atoms with Gasteiger partial charge in [0.25, 0.3) is 0 Å². The van der Waals surface area contributed by atoms with Gasteiger partial charge in [-0.15, -0.1) is 0 Å². The largest absolute Gasteiger partial charge is 1.00 e. The van der Waals surface area contributed by atoms with Crippen molar-refractivity contribution in [2.45, 2.75) is 17.2 Å². The first kappa shape index (κ1) is 14.6. The van der Waals surface area contributed by atoms with Crippen LogP contribution in [0.15, 0.2) is 17.0 Å². The minimum atomic E-state index is 0. The van der Waals surface area contributed by atoms with Crippen molar-refractivity contribution in [2.24, 2.45) is 0 Å². The average Bonchev–Trinajstić information content (AvgIpc) is 2.27. The molecule has 1 nitrogen and oxygen atoms in total. The second kappa shape index (κ2) is 7.01. The molecule has 4 heteroatoms. The number of benzene rings is 1. The summed E-state index contributed by atoms with van der Waals surface area (Å²) in [5, 5.41) is 3.75. The van der Waals surface area contributed by atoms with Crippen molar-refractivity contribution in [3.8, 4) is 0 Å². The van der Waals surface area contributed by atoms with Crippen molar-refractivity contribution < 1.29 is 103 Å². The van der Waals surface area contributed by atoms with Gasteiger partial charge in [-0.25, -0.2) is 0 Å². The molecule has 1 atom stereocenters. The summed E-state index contributed by atoms with van der Waals surface area (Å²) >= 11 is 1.79. The number of hydrogen-bond acceptors (Lipinski definition) is 2. The quantitative estimate of drug-likeness (QED) is 0.360. The molecule has 0 saturated carbocycles. The van der Waals surface area contributed by atoms with Gasteiger partial charge in [0.1, 0.15) is 0 Å². The fourth-order valence-electron chi connectivity index (χ4n) is 0.990. The van der Waals surface area contributed by atoms with Gasteiger partial charge in [-0.2, -0.15) is 22.3 Å². The first-order valence-electron chi connectivity index (χ1n) is 3.22. The summed E-state index contributed by atoms with van der Waals surface area (Å²) in [6.45, 7) is 2.13. The van der Waals surface area contributed by atoms with Crippen LogP contribution in [-0.2, 0) is 0 Å². The van der Waals surface area contributed by atoms with E-state index >= 15 is 0 Å². The van der Waals surface area contributed by atoms with Crippen LogP contribution in [0.3, 0.4) is 0 Å². The zero-order chi connectivity index (χ0) is 6.97. The topological polar surface area (TPSA) is 12.0 Å². The van der Waals surface area contributed by atoms with Gasteiger partial charge < -0.3 is 11.4 Å². The molecule has 2 rings (SSSR count). The van der Waals surface area contributed by atoms with Gasteiger partial charge in [0, 0.05) is 5.37 Å². The Morgan fingerprint density at radius 2 is 2.00 bits per heavy atom. The predicted molar refractivity (Wildman–Crippen MR) is 43.1 cm³/mol. The van der Waals surface area contributed by atoms with Crippen molar-refractivity contribution in [1.29, 1.82) is 0 Å². The van der Waals surface area contributed by atoms with Crippen molar-refractivity contribution in [3.05, 3.63) is 24.3 Å². The first-order chi connectivity index (χ1) is 4.86. The molecule has 1 unspecified atom stereocenters. The molecular formula is C8H7K2NS. The average molecular weight is 227 g/mol. The fraction of sp³-hybridized carbons (Fsp3) is 0.250. The molecule has 12 heavy (non-hydrogen) atoms. The fourth-order valence-corrected chi connectivity index (χ4v) is 1.89. The van der Waals surface area contributed by atoms with Crippen molar-refractivity contribution in [2.75, 3.05) is 5.32 Å². The number of thioether (sulfide) groups is 1. The summed E-state index contributed by atoms with van der Waals surface area (Å²) in [6.07, 6.45) is 0. The third kappa shape index (κ3) is 3.66. The molecule has 0 spiro atoms. The van der Waals surface area contributed by atoms with E-state index in [1.807, 2.05) is 12.1 Å². The van der Waals surface area contributed by atoms with E-state index in [4.69, 9.17) is 0 Å². The summed E-state index contributed by atoms with van der Waals surface area (Å²) in [5.74, 6) is 0. The molecule has 0 radical (unpaired) electrons. The van der Waals surface area contributed by atoms with E-state index in [1.165, 1.54) is 4.90 Å². The second-order valence-electron chi connectivity index (χ2n) is 2.23. The zero-order valence-corrected chi connectivity index (χ0v) is 14.7. The van der Waals surface area contributed by atoms with E-state index in [-0.39, 0.29) is 103 Å². The Bertz CT molecular complexity index is 230. The third-order valence-electron chi connectivity index (χ3n) is 1.39. The Hall–Kier alpha value is 2.64. The number of hydrogen-bond donors (Lipinski definition) is 1. The predicted octanol–water partition coefficient (Wildman–Crippen LogP) is -3.84. The van der Waals surface area contributed by atoms with E-state index in [0.29, 0.717) is 5.37 Å². The Morgan fingerprint density at radius 1 is 1.33 bits per heavy atom. The van der Waals surface area contributed by atoms with Gasteiger partial charge >= 0.3 is 103 Å². The monoisotopic (exact) mass is 227 g/mol. The molecular weight excluding hydrogens is 220 g/mol. The van der Waals surface area contributed by atoms with Gasteiger partial charge in [0.2, 0.25) is 0 Å². The summed E-state index contributed by atoms with van der Waals surface area (Å²) < 4.78 is 0. The zero-order valence-electron chi connectivity index (χ0n) is 7.64.